The van der Waals surface area contributed by atoms with E-state index in [4.69, 9.17) is 21.3 Å². The van der Waals surface area contributed by atoms with Crippen LogP contribution in [0.1, 0.15) is 18.5 Å². The van der Waals surface area contributed by atoms with Crippen molar-refractivity contribution in [1.29, 1.82) is 16.2 Å². The molecule has 5 N–H and O–H groups in total. The number of halogens is 1. The van der Waals surface area contributed by atoms with Crippen molar-refractivity contribution in [3.8, 4) is 0 Å². The Kier molecular flexibility index (Phi) is 6.51. The molecule has 3 aromatic rings. The van der Waals surface area contributed by atoms with E-state index in [9.17, 15) is 9.18 Å². The second-order valence-electron chi connectivity index (χ2n) is 6.74. The molecule has 0 saturated carbocycles. The van der Waals surface area contributed by atoms with Gasteiger partial charge in [-0.2, -0.15) is 0 Å². The highest BCUT2D eigenvalue weighted by atomic mass is 19.1. The monoisotopic (exact) mass is 423 g/mol. The van der Waals surface area contributed by atoms with E-state index in [1.807, 2.05) is 0 Å². The lowest BCUT2D eigenvalue weighted by molar-refractivity contribution is 0.298. The first-order valence-electron chi connectivity index (χ1n) is 9.45. The number of aliphatic hydroxyl groups excluding tert-OH is 1. The number of aromatic nitrogens is 3. The van der Waals surface area contributed by atoms with E-state index in [0.29, 0.717) is 16.5 Å². The van der Waals surface area contributed by atoms with E-state index in [0.717, 1.165) is 16.8 Å². The van der Waals surface area contributed by atoms with Gasteiger partial charge in [0.1, 0.15) is 5.84 Å². The van der Waals surface area contributed by atoms with Crippen LogP contribution in [0.15, 0.2) is 53.9 Å². The predicted octanol–water partition coefficient (Wildman–Crippen LogP) is 1.48. The third kappa shape index (κ3) is 4.33. The van der Waals surface area contributed by atoms with Gasteiger partial charge >= 0.3 is 0 Å². The van der Waals surface area contributed by atoms with Crippen molar-refractivity contribution in [2.45, 2.75) is 13.0 Å². The Bertz CT molecular complexity index is 1290. The summed E-state index contributed by atoms with van der Waals surface area (Å²) in [5, 5.41) is 36.3. The molecule has 3 rings (SSSR count). The molecule has 0 spiro atoms. The third-order valence-corrected chi connectivity index (χ3v) is 4.79. The smallest absolute Gasteiger partial charge is 0.260 e. The summed E-state index contributed by atoms with van der Waals surface area (Å²) in [6.45, 7) is 1.75. The Balaban J connectivity index is 2.05. The Labute approximate surface area is 176 Å². The van der Waals surface area contributed by atoms with Crippen molar-refractivity contribution in [2.75, 3.05) is 13.2 Å². The number of pyridine rings is 3. The lowest BCUT2D eigenvalue weighted by atomic mass is 10.1. The molecule has 1 atom stereocenters. The molecule has 0 fully saturated rings. The maximum Gasteiger partial charge on any atom is 0.260 e. The van der Waals surface area contributed by atoms with Crippen molar-refractivity contribution in [2.24, 2.45) is 0 Å². The van der Waals surface area contributed by atoms with Crippen LogP contribution in [0, 0.1) is 22.0 Å². The van der Waals surface area contributed by atoms with Gasteiger partial charge in [-0.1, -0.05) is 0 Å². The zero-order valence-corrected chi connectivity index (χ0v) is 16.8. The molecule has 3 heterocycles. The number of fused-ring (bicyclic) bond motifs is 1. The first-order chi connectivity index (χ1) is 14.9. The summed E-state index contributed by atoms with van der Waals surface area (Å²) < 4.78 is 16.9. The van der Waals surface area contributed by atoms with Crippen molar-refractivity contribution < 1.29 is 9.50 Å². The van der Waals surface area contributed by atoms with Crippen LogP contribution in [-0.2, 0) is 0 Å². The summed E-state index contributed by atoms with van der Waals surface area (Å²) in [6.07, 6.45) is 6.91. The molecular formula is C21H22FN7O2. The van der Waals surface area contributed by atoms with Gasteiger partial charge in [-0.25, -0.2) is 4.39 Å². The Morgan fingerprint density at radius 1 is 1.42 bits per heavy atom. The highest BCUT2D eigenvalue weighted by Gasteiger charge is 2.18. The number of nitrogens with zero attached hydrogens (tertiary/aromatic N) is 3. The second kappa shape index (κ2) is 9.26. The van der Waals surface area contributed by atoms with E-state index in [1.54, 1.807) is 31.3 Å². The van der Waals surface area contributed by atoms with E-state index < -0.39 is 17.3 Å². The van der Waals surface area contributed by atoms with Crippen LogP contribution in [0.2, 0.25) is 0 Å². The van der Waals surface area contributed by atoms with Crippen LogP contribution >= 0.6 is 0 Å². The Morgan fingerprint density at radius 2 is 2.19 bits per heavy atom. The lowest BCUT2D eigenvalue weighted by Gasteiger charge is -2.20. The van der Waals surface area contributed by atoms with Crippen LogP contribution in [0.5, 0.6) is 0 Å². The predicted molar refractivity (Wildman–Crippen MR) is 116 cm³/mol. The van der Waals surface area contributed by atoms with Crippen LogP contribution < -0.4 is 16.4 Å². The number of allylic oxidation sites excluding steroid dienone is 1. The van der Waals surface area contributed by atoms with Crippen LogP contribution in [0.25, 0.3) is 16.5 Å². The minimum Gasteiger partial charge on any atom is -0.395 e. The van der Waals surface area contributed by atoms with Crippen molar-refractivity contribution in [1.82, 2.24) is 19.4 Å². The van der Waals surface area contributed by atoms with Gasteiger partial charge in [0.05, 0.1) is 23.6 Å². The SMILES string of the molecule is C[C@H](C(=N)n1cc(/C(C=N)=C/NCCO)cc(F)c1=N)n1ccc2ncccc2c1=O. The summed E-state index contributed by atoms with van der Waals surface area (Å²) >= 11 is 0. The highest BCUT2D eigenvalue weighted by Crippen LogP contribution is 2.14. The normalized spacial score (nSPS) is 12.5. The number of aliphatic hydroxyl groups is 1. The molecular weight excluding hydrogens is 401 g/mol. The average molecular weight is 423 g/mol. The van der Waals surface area contributed by atoms with Crippen molar-refractivity contribution in [3.63, 3.8) is 0 Å². The molecule has 0 aliphatic rings. The molecule has 9 nitrogen and oxygen atoms in total. The highest BCUT2D eigenvalue weighted by molar-refractivity contribution is 6.08. The van der Waals surface area contributed by atoms with Gasteiger partial charge < -0.3 is 20.4 Å². The molecule has 31 heavy (non-hydrogen) atoms. The van der Waals surface area contributed by atoms with Crippen LogP contribution in [-0.4, -0.2) is 44.4 Å². The number of hydrogen-bond donors (Lipinski definition) is 5. The van der Waals surface area contributed by atoms with Gasteiger partial charge in [0.2, 0.25) is 0 Å². The summed E-state index contributed by atoms with van der Waals surface area (Å²) in [5.74, 6) is -1.07. The molecule has 0 bridgehead atoms. The fourth-order valence-corrected chi connectivity index (χ4v) is 3.09. The number of hydrogen-bond acceptors (Lipinski definition) is 7. The Hall–Kier alpha value is -3.92. The summed E-state index contributed by atoms with van der Waals surface area (Å²) in [6, 6.07) is 5.24. The van der Waals surface area contributed by atoms with Crippen molar-refractivity contribution >= 4 is 28.5 Å². The minimum atomic E-state index is -0.876. The van der Waals surface area contributed by atoms with E-state index in [1.165, 1.54) is 23.2 Å². The maximum absolute atomic E-state index is 14.5. The number of rotatable bonds is 7. The summed E-state index contributed by atoms with van der Waals surface area (Å²) in [7, 11) is 0. The zero-order chi connectivity index (χ0) is 22.5. The number of nitrogens with one attached hydrogen (secondary N) is 4. The topological polar surface area (TPSA) is 144 Å². The van der Waals surface area contributed by atoms with Crippen molar-refractivity contribution in [3.05, 3.63) is 76.3 Å². The van der Waals surface area contributed by atoms with Crippen LogP contribution in [0.4, 0.5) is 4.39 Å². The molecule has 0 amide bonds. The van der Waals surface area contributed by atoms with E-state index >= 15 is 0 Å². The van der Waals surface area contributed by atoms with Gasteiger partial charge in [0.25, 0.3) is 5.56 Å². The molecule has 0 radical (unpaired) electrons. The summed E-state index contributed by atoms with van der Waals surface area (Å²) in [5.41, 5.74) is 0.209. The van der Waals surface area contributed by atoms with Gasteiger partial charge in [-0.15, -0.1) is 0 Å². The quantitative estimate of drug-likeness (QED) is 0.223. The molecule has 0 aliphatic heterocycles. The first kappa shape index (κ1) is 21.8. The largest absolute Gasteiger partial charge is 0.395 e. The third-order valence-electron chi connectivity index (χ3n) is 4.79. The molecule has 0 aromatic carbocycles. The second-order valence-corrected chi connectivity index (χ2v) is 6.74. The van der Waals surface area contributed by atoms with E-state index in [-0.39, 0.29) is 30.1 Å². The fraction of sp³-hybridized carbons (Fsp3) is 0.190. The molecule has 0 aliphatic carbocycles. The molecule has 160 valence electrons. The van der Waals surface area contributed by atoms with Crippen LogP contribution in [0.3, 0.4) is 0 Å². The molecule has 0 unspecified atom stereocenters. The average Bonchev–Trinajstić information content (AvgIpc) is 2.78. The maximum atomic E-state index is 14.5. The summed E-state index contributed by atoms with van der Waals surface area (Å²) in [4.78, 5) is 17.0. The zero-order valence-electron chi connectivity index (χ0n) is 16.8. The van der Waals surface area contributed by atoms with E-state index in [2.05, 4.69) is 10.3 Å². The van der Waals surface area contributed by atoms with Gasteiger partial charge in [-0.05, 0) is 31.2 Å². The molecule has 10 heteroatoms. The van der Waals surface area contributed by atoms with Gasteiger partial charge in [0.15, 0.2) is 11.3 Å². The van der Waals surface area contributed by atoms with Gasteiger partial charge in [0, 0.05) is 48.7 Å². The Morgan fingerprint density at radius 3 is 2.90 bits per heavy atom. The van der Waals surface area contributed by atoms with Gasteiger partial charge in [-0.3, -0.25) is 25.2 Å². The molecule has 0 saturated heterocycles. The minimum absolute atomic E-state index is 0.111. The first-order valence-corrected chi connectivity index (χ1v) is 9.45. The lowest BCUT2D eigenvalue weighted by Crippen LogP contribution is -2.37. The fourth-order valence-electron chi connectivity index (χ4n) is 3.09. The molecule has 3 aromatic heterocycles. The standard InChI is InChI=1S/C21H22FN7O2/c1-13(28-7-4-18-16(21(28)31)3-2-5-27-18)19(24)29-12-14(9-17(22)20(29)25)15(10-23)11-26-6-8-30/h2-5,7,9-13,23-26,30H,6,8H2,1H3/b15-11+,23-10?,24-19?,25-20?/t13-/m1/s1.